The number of anilines is 1. The van der Waals surface area contributed by atoms with Gasteiger partial charge in [-0.3, -0.25) is 9.88 Å². The van der Waals surface area contributed by atoms with Crippen LogP contribution in [0.2, 0.25) is 5.15 Å². The Morgan fingerprint density at radius 3 is 2.61 bits per heavy atom. The first-order chi connectivity index (χ1) is 18.4. The molecule has 0 aliphatic carbocycles. The first kappa shape index (κ1) is 26.7. The number of piperazine rings is 1. The molecule has 9 nitrogen and oxygen atoms in total. The standard InChI is InChI=1S/C28H37ClN8O/c1-19-15-32-23(20(2)25(19)38-3)18-37-17-22(24-26(29)33-28(30)34-27(24)37)5-4-10-35-11-13-36(14-12-35)16-21-6-8-31-9-7-21/h15,17,21,31H,6-14,16,18H2,1-3H3,(H2,30,33,34). The number of pyridine rings is 1. The van der Waals surface area contributed by atoms with Crippen molar-refractivity contribution in [1.82, 2.24) is 34.6 Å². The Balaban J connectivity index is 1.30. The van der Waals surface area contributed by atoms with Gasteiger partial charge >= 0.3 is 0 Å². The van der Waals surface area contributed by atoms with Crippen molar-refractivity contribution in [1.29, 1.82) is 0 Å². The van der Waals surface area contributed by atoms with E-state index >= 15 is 0 Å². The fraction of sp³-hybridized carbons (Fsp3) is 0.536. The molecule has 0 unspecified atom stereocenters. The Morgan fingerprint density at radius 2 is 1.87 bits per heavy atom. The second kappa shape index (κ2) is 11.9. The van der Waals surface area contributed by atoms with Gasteiger partial charge in [0.25, 0.3) is 0 Å². The largest absolute Gasteiger partial charge is 0.496 e. The zero-order valence-electron chi connectivity index (χ0n) is 22.6. The van der Waals surface area contributed by atoms with Crippen molar-refractivity contribution in [3.05, 3.63) is 39.9 Å². The predicted molar refractivity (Wildman–Crippen MR) is 152 cm³/mol. The van der Waals surface area contributed by atoms with Gasteiger partial charge in [-0.25, -0.2) is 4.98 Å². The fourth-order valence-corrected chi connectivity index (χ4v) is 5.85. The summed E-state index contributed by atoms with van der Waals surface area (Å²) in [5, 5.41) is 4.49. The van der Waals surface area contributed by atoms with E-state index in [2.05, 4.69) is 41.9 Å². The molecule has 0 saturated carbocycles. The molecule has 10 heteroatoms. The molecule has 3 N–H and O–H groups in total. The Morgan fingerprint density at radius 1 is 1.13 bits per heavy atom. The van der Waals surface area contributed by atoms with Crippen LogP contribution in [0.25, 0.3) is 11.0 Å². The van der Waals surface area contributed by atoms with E-state index in [1.54, 1.807) is 7.11 Å². The number of ether oxygens (including phenoxy) is 1. The van der Waals surface area contributed by atoms with Crippen LogP contribution in [0, 0.1) is 31.6 Å². The maximum absolute atomic E-state index is 6.54. The summed E-state index contributed by atoms with van der Waals surface area (Å²) in [5.41, 5.74) is 10.3. The summed E-state index contributed by atoms with van der Waals surface area (Å²) in [7, 11) is 1.68. The molecule has 202 valence electrons. The van der Waals surface area contributed by atoms with E-state index in [0.717, 1.165) is 85.3 Å². The topological polar surface area (TPSA) is 97.4 Å². The molecule has 5 rings (SSSR count). The van der Waals surface area contributed by atoms with Gasteiger partial charge in [-0.05, 0) is 45.7 Å². The monoisotopic (exact) mass is 536 g/mol. The molecule has 0 bridgehead atoms. The number of methoxy groups -OCH3 is 1. The quantitative estimate of drug-likeness (QED) is 0.366. The van der Waals surface area contributed by atoms with Crippen LogP contribution in [-0.4, -0.2) is 88.8 Å². The van der Waals surface area contributed by atoms with Gasteiger partial charge in [-0.2, -0.15) is 4.98 Å². The van der Waals surface area contributed by atoms with Gasteiger partial charge < -0.3 is 25.3 Å². The first-order valence-corrected chi connectivity index (χ1v) is 13.8. The SMILES string of the molecule is COc1c(C)cnc(Cn2cc(C#CCN3CCN(CC4CCNCC4)CC3)c3c(Cl)nc(N)nc32)c1C. The maximum Gasteiger partial charge on any atom is 0.223 e. The molecule has 2 saturated heterocycles. The smallest absolute Gasteiger partial charge is 0.223 e. The zero-order chi connectivity index (χ0) is 26.6. The minimum Gasteiger partial charge on any atom is -0.496 e. The summed E-state index contributed by atoms with van der Waals surface area (Å²) in [4.78, 5) is 18.4. The van der Waals surface area contributed by atoms with Gasteiger partial charge in [-0.15, -0.1) is 0 Å². The van der Waals surface area contributed by atoms with E-state index < -0.39 is 0 Å². The van der Waals surface area contributed by atoms with Crippen molar-refractivity contribution in [3.63, 3.8) is 0 Å². The van der Waals surface area contributed by atoms with Crippen molar-refractivity contribution < 1.29 is 4.74 Å². The number of fused-ring (bicyclic) bond motifs is 1. The second-order valence-corrected chi connectivity index (χ2v) is 10.7. The number of aryl methyl sites for hydroxylation is 1. The molecular weight excluding hydrogens is 500 g/mol. The highest BCUT2D eigenvalue weighted by Gasteiger charge is 2.21. The molecule has 3 aromatic heterocycles. The summed E-state index contributed by atoms with van der Waals surface area (Å²) in [6.45, 7) is 13.1. The van der Waals surface area contributed by atoms with Gasteiger partial charge in [0.15, 0.2) is 0 Å². The number of aromatic nitrogens is 4. The average molecular weight is 537 g/mol. The number of piperidine rings is 1. The van der Waals surface area contributed by atoms with Crippen molar-refractivity contribution in [2.24, 2.45) is 5.92 Å². The third-order valence-corrected chi connectivity index (χ3v) is 8.00. The Kier molecular flexibility index (Phi) is 8.34. The second-order valence-electron chi connectivity index (χ2n) is 10.4. The zero-order valence-corrected chi connectivity index (χ0v) is 23.3. The molecule has 2 aliphatic heterocycles. The lowest BCUT2D eigenvalue weighted by Crippen LogP contribution is -2.48. The fourth-order valence-electron chi connectivity index (χ4n) is 5.57. The van der Waals surface area contributed by atoms with Crippen LogP contribution in [0.5, 0.6) is 5.75 Å². The van der Waals surface area contributed by atoms with Gasteiger partial charge in [0.1, 0.15) is 16.5 Å². The van der Waals surface area contributed by atoms with Crippen LogP contribution >= 0.6 is 11.6 Å². The lowest BCUT2D eigenvalue weighted by Gasteiger charge is -2.36. The number of halogens is 1. The highest BCUT2D eigenvalue weighted by molar-refractivity contribution is 6.34. The number of nitrogens with one attached hydrogen (secondary N) is 1. The molecule has 0 atom stereocenters. The van der Waals surface area contributed by atoms with Gasteiger partial charge in [0.05, 0.1) is 36.8 Å². The number of nitrogens with two attached hydrogens (primary N) is 1. The number of rotatable bonds is 6. The van der Waals surface area contributed by atoms with Gasteiger partial charge in [-0.1, -0.05) is 23.4 Å². The summed E-state index contributed by atoms with van der Waals surface area (Å²) in [5.74, 6) is 8.52. The lowest BCUT2D eigenvalue weighted by atomic mass is 9.97. The summed E-state index contributed by atoms with van der Waals surface area (Å²) < 4.78 is 7.58. The minimum atomic E-state index is 0.134. The van der Waals surface area contributed by atoms with Crippen molar-refractivity contribution in [3.8, 4) is 17.6 Å². The third kappa shape index (κ3) is 5.89. The summed E-state index contributed by atoms with van der Waals surface area (Å²) in [6.07, 6.45) is 6.40. The van der Waals surface area contributed by atoms with E-state index in [1.807, 2.05) is 30.8 Å². The molecular formula is C28H37ClN8O. The van der Waals surface area contributed by atoms with Crippen LogP contribution in [0.1, 0.15) is 35.2 Å². The number of nitrogens with zero attached hydrogens (tertiary/aromatic N) is 6. The van der Waals surface area contributed by atoms with E-state index in [4.69, 9.17) is 22.1 Å². The summed E-state index contributed by atoms with van der Waals surface area (Å²) >= 11 is 6.54. The molecule has 0 spiro atoms. The molecule has 2 fully saturated rings. The maximum atomic E-state index is 6.54. The van der Waals surface area contributed by atoms with E-state index in [0.29, 0.717) is 17.3 Å². The minimum absolute atomic E-state index is 0.134. The molecule has 0 amide bonds. The summed E-state index contributed by atoms with van der Waals surface area (Å²) in [6, 6.07) is 0. The highest BCUT2D eigenvalue weighted by Crippen LogP contribution is 2.29. The Bertz CT molecular complexity index is 1350. The molecule has 38 heavy (non-hydrogen) atoms. The number of hydrogen-bond donors (Lipinski definition) is 2. The average Bonchev–Trinajstić information content (AvgIpc) is 3.25. The van der Waals surface area contributed by atoms with Crippen molar-refractivity contribution in [2.75, 3.05) is 65.2 Å². The Labute approximate surface area is 229 Å². The van der Waals surface area contributed by atoms with Crippen LogP contribution in [0.4, 0.5) is 5.95 Å². The number of hydrogen-bond acceptors (Lipinski definition) is 8. The van der Waals surface area contributed by atoms with Crippen LogP contribution in [0.15, 0.2) is 12.4 Å². The number of nitrogen functional groups attached to an aromatic ring is 1. The van der Waals surface area contributed by atoms with Crippen LogP contribution < -0.4 is 15.8 Å². The van der Waals surface area contributed by atoms with Crippen LogP contribution in [-0.2, 0) is 6.54 Å². The van der Waals surface area contributed by atoms with Crippen LogP contribution in [0.3, 0.4) is 0 Å². The molecule has 0 aromatic carbocycles. The molecule has 3 aromatic rings. The molecule has 2 aliphatic rings. The van der Waals surface area contributed by atoms with E-state index in [-0.39, 0.29) is 5.95 Å². The highest BCUT2D eigenvalue weighted by atomic mass is 35.5. The van der Waals surface area contributed by atoms with Gasteiger partial charge in [0, 0.05) is 56.2 Å². The third-order valence-electron chi connectivity index (χ3n) is 7.73. The van der Waals surface area contributed by atoms with Crippen molar-refractivity contribution in [2.45, 2.75) is 33.2 Å². The van der Waals surface area contributed by atoms with E-state index in [1.165, 1.54) is 19.4 Å². The predicted octanol–water partition coefficient (Wildman–Crippen LogP) is 2.70. The van der Waals surface area contributed by atoms with Crippen molar-refractivity contribution >= 4 is 28.6 Å². The molecule has 0 radical (unpaired) electrons. The van der Waals surface area contributed by atoms with Gasteiger partial charge in [0.2, 0.25) is 5.95 Å². The van der Waals surface area contributed by atoms with E-state index in [9.17, 15) is 0 Å². The Hall–Kier alpha value is -2.90. The lowest BCUT2D eigenvalue weighted by molar-refractivity contribution is 0.120. The molecule has 5 heterocycles. The first-order valence-electron chi connectivity index (χ1n) is 13.4. The normalized spacial score (nSPS) is 17.5.